The zero-order valence-corrected chi connectivity index (χ0v) is 17.9. The van der Waals surface area contributed by atoms with E-state index < -0.39 is 0 Å². The molecule has 1 aromatic carbocycles. The minimum atomic E-state index is 0.306. The molecule has 2 heteroatoms. The second-order valence-electron chi connectivity index (χ2n) is 7.68. The third kappa shape index (κ3) is 8.37. The molecule has 0 saturated carbocycles. The molecule has 2 nitrogen and oxygen atoms in total. The molecule has 0 spiro atoms. The van der Waals surface area contributed by atoms with Crippen LogP contribution in [-0.2, 0) is 6.42 Å². The van der Waals surface area contributed by atoms with Crippen LogP contribution in [0.25, 0.3) is 0 Å². The molecule has 152 valence electrons. The van der Waals surface area contributed by atoms with E-state index in [4.69, 9.17) is 0 Å². The number of hydrogen-bond acceptors (Lipinski definition) is 2. The van der Waals surface area contributed by atoms with Gasteiger partial charge in [-0.2, -0.15) is 0 Å². The van der Waals surface area contributed by atoms with Gasteiger partial charge < -0.3 is 10.2 Å². The Labute approximate surface area is 177 Å². The first-order chi connectivity index (χ1) is 14.0. The molecule has 0 aliphatic carbocycles. The molecule has 0 radical (unpaired) electrons. The van der Waals surface area contributed by atoms with E-state index >= 15 is 0 Å². The Morgan fingerprint density at radius 3 is 2.69 bits per heavy atom. The van der Waals surface area contributed by atoms with Gasteiger partial charge >= 0.3 is 0 Å². The topological polar surface area (TPSA) is 15.3 Å². The lowest BCUT2D eigenvalue weighted by Crippen LogP contribution is -2.43. The third-order valence-electron chi connectivity index (χ3n) is 4.76. The van der Waals surface area contributed by atoms with Gasteiger partial charge in [0, 0.05) is 31.4 Å². The zero-order chi connectivity index (χ0) is 21.1. The number of hydrogen-bond donors (Lipinski definition) is 1. The molecule has 1 aliphatic heterocycles. The average Bonchev–Trinajstić information content (AvgIpc) is 2.87. The van der Waals surface area contributed by atoms with E-state index in [1.54, 1.807) is 0 Å². The fourth-order valence-corrected chi connectivity index (χ4v) is 3.25. The number of nitrogens with zero attached hydrogens (tertiary/aromatic N) is 1. The van der Waals surface area contributed by atoms with Crippen LogP contribution in [0.1, 0.15) is 19.4 Å². The van der Waals surface area contributed by atoms with Crippen LogP contribution in [0.15, 0.2) is 115 Å². The molecule has 29 heavy (non-hydrogen) atoms. The molecule has 1 unspecified atom stereocenters. The summed E-state index contributed by atoms with van der Waals surface area (Å²) in [7, 11) is 0. The van der Waals surface area contributed by atoms with E-state index in [1.165, 1.54) is 11.1 Å². The van der Waals surface area contributed by atoms with E-state index in [1.807, 2.05) is 19.1 Å². The molecule has 2 rings (SSSR count). The fraction of sp³-hybridized carbons (Fsp3) is 0.259. The van der Waals surface area contributed by atoms with Crippen molar-refractivity contribution in [3.8, 4) is 0 Å². The van der Waals surface area contributed by atoms with Gasteiger partial charge in [0.25, 0.3) is 0 Å². The van der Waals surface area contributed by atoms with Crippen molar-refractivity contribution in [3.05, 3.63) is 121 Å². The van der Waals surface area contributed by atoms with Crippen LogP contribution in [0.3, 0.4) is 0 Å². The maximum absolute atomic E-state index is 4.17. The lowest BCUT2D eigenvalue weighted by Gasteiger charge is -2.30. The van der Waals surface area contributed by atoms with Crippen LogP contribution in [-0.4, -0.2) is 30.6 Å². The van der Waals surface area contributed by atoms with Crippen molar-refractivity contribution in [3.63, 3.8) is 0 Å². The Hall–Kier alpha value is -2.84. The Bertz CT molecular complexity index is 821. The zero-order valence-electron chi connectivity index (χ0n) is 17.9. The Kier molecular flexibility index (Phi) is 9.20. The summed E-state index contributed by atoms with van der Waals surface area (Å²) >= 11 is 0. The SMILES string of the molecule is C=CC1=CC=CC(=C)CN1CC(Cc1ccccc1)NC/C(C)=C/C=C\C(=C)C. The maximum Gasteiger partial charge on any atom is 0.0424 e. The van der Waals surface area contributed by atoms with Crippen molar-refractivity contribution in [2.75, 3.05) is 19.6 Å². The van der Waals surface area contributed by atoms with Crippen LogP contribution in [0.2, 0.25) is 0 Å². The van der Waals surface area contributed by atoms with Crippen LogP contribution in [0, 0.1) is 0 Å². The Morgan fingerprint density at radius 1 is 1.24 bits per heavy atom. The summed E-state index contributed by atoms with van der Waals surface area (Å²) in [6, 6.07) is 11.0. The first-order valence-corrected chi connectivity index (χ1v) is 10.2. The van der Waals surface area contributed by atoms with Gasteiger partial charge in [0.05, 0.1) is 0 Å². The van der Waals surface area contributed by atoms with E-state index in [2.05, 4.69) is 97.6 Å². The summed E-state index contributed by atoms with van der Waals surface area (Å²) in [5.41, 5.74) is 5.93. The van der Waals surface area contributed by atoms with E-state index in [-0.39, 0.29) is 0 Å². The van der Waals surface area contributed by atoms with Crippen molar-refractivity contribution in [2.45, 2.75) is 26.3 Å². The quantitative estimate of drug-likeness (QED) is 0.514. The number of nitrogens with one attached hydrogen (secondary N) is 1. The van der Waals surface area contributed by atoms with Crippen molar-refractivity contribution < 1.29 is 0 Å². The monoisotopic (exact) mass is 386 g/mol. The molecule has 0 bridgehead atoms. The van der Waals surface area contributed by atoms with Gasteiger partial charge in [-0.3, -0.25) is 0 Å². The molecule has 1 aromatic rings. The summed E-state index contributed by atoms with van der Waals surface area (Å²) in [5, 5.41) is 3.76. The second kappa shape index (κ2) is 11.9. The Morgan fingerprint density at radius 2 is 2.00 bits per heavy atom. The molecule has 1 N–H and O–H groups in total. The highest BCUT2D eigenvalue weighted by Gasteiger charge is 2.17. The molecular weight excluding hydrogens is 352 g/mol. The normalized spacial score (nSPS) is 15.9. The van der Waals surface area contributed by atoms with Gasteiger partial charge in [0.2, 0.25) is 0 Å². The Balaban J connectivity index is 2.11. The summed E-state index contributed by atoms with van der Waals surface area (Å²) in [6.07, 6.45) is 15.4. The average molecular weight is 387 g/mol. The number of rotatable bonds is 10. The molecule has 0 saturated heterocycles. The highest BCUT2D eigenvalue weighted by atomic mass is 15.2. The lowest BCUT2D eigenvalue weighted by atomic mass is 10.0. The molecule has 1 aliphatic rings. The predicted octanol–water partition coefficient (Wildman–Crippen LogP) is 5.76. The summed E-state index contributed by atoms with van der Waals surface area (Å²) < 4.78 is 0. The first-order valence-electron chi connectivity index (χ1n) is 10.2. The van der Waals surface area contributed by atoms with Crippen molar-refractivity contribution in [1.29, 1.82) is 0 Å². The minimum absolute atomic E-state index is 0.306. The fourth-order valence-electron chi connectivity index (χ4n) is 3.25. The molecule has 0 amide bonds. The van der Waals surface area contributed by atoms with Crippen LogP contribution in [0.4, 0.5) is 0 Å². The highest BCUT2D eigenvalue weighted by Crippen LogP contribution is 2.16. The maximum atomic E-state index is 4.17. The van der Waals surface area contributed by atoms with E-state index in [0.29, 0.717) is 6.04 Å². The first kappa shape index (κ1) is 22.4. The largest absolute Gasteiger partial charge is 0.366 e. The summed E-state index contributed by atoms with van der Waals surface area (Å²) in [5.74, 6) is 0. The predicted molar refractivity (Wildman–Crippen MR) is 128 cm³/mol. The third-order valence-corrected chi connectivity index (χ3v) is 4.76. The van der Waals surface area contributed by atoms with Crippen molar-refractivity contribution >= 4 is 0 Å². The van der Waals surface area contributed by atoms with Crippen LogP contribution < -0.4 is 5.32 Å². The van der Waals surface area contributed by atoms with Gasteiger partial charge in [0.1, 0.15) is 0 Å². The molecule has 0 aromatic heterocycles. The van der Waals surface area contributed by atoms with E-state index in [0.717, 1.165) is 42.9 Å². The summed E-state index contributed by atoms with van der Waals surface area (Å²) in [6.45, 7) is 18.8. The molecule has 1 heterocycles. The summed E-state index contributed by atoms with van der Waals surface area (Å²) in [4.78, 5) is 2.36. The van der Waals surface area contributed by atoms with Gasteiger partial charge in [0.15, 0.2) is 0 Å². The van der Waals surface area contributed by atoms with Crippen molar-refractivity contribution in [2.24, 2.45) is 0 Å². The molecule has 1 atom stereocenters. The van der Waals surface area contributed by atoms with Gasteiger partial charge in [-0.15, -0.1) is 0 Å². The standard InChI is InChI=1S/C27H34N2/c1-6-27-17-11-14-24(5)20-29(27)21-26(18-25-15-8-7-9-16-25)28-19-23(4)13-10-12-22(2)3/h6-17,26,28H,1-2,5,18-21H2,3-4H3/b12-10-,23-13+. The van der Waals surface area contributed by atoms with Crippen LogP contribution >= 0.6 is 0 Å². The van der Waals surface area contributed by atoms with Gasteiger partial charge in [-0.25, -0.2) is 0 Å². The molecule has 0 fully saturated rings. The van der Waals surface area contributed by atoms with Gasteiger partial charge in [-0.1, -0.05) is 91.6 Å². The number of allylic oxidation sites excluding steroid dienone is 7. The highest BCUT2D eigenvalue weighted by molar-refractivity contribution is 5.32. The van der Waals surface area contributed by atoms with Crippen LogP contribution in [0.5, 0.6) is 0 Å². The lowest BCUT2D eigenvalue weighted by molar-refractivity contribution is 0.327. The van der Waals surface area contributed by atoms with Crippen molar-refractivity contribution in [1.82, 2.24) is 10.2 Å². The van der Waals surface area contributed by atoms with E-state index in [9.17, 15) is 0 Å². The second-order valence-corrected chi connectivity index (χ2v) is 7.68. The number of benzene rings is 1. The minimum Gasteiger partial charge on any atom is -0.366 e. The smallest absolute Gasteiger partial charge is 0.0424 e. The molecular formula is C27H34N2. The van der Waals surface area contributed by atoms with Gasteiger partial charge in [-0.05, 0) is 43.6 Å².